The van der Waals surface area contributed by atoms with Gasteiger partial charge >= 0.3 is 0 Å². The minimum absolute atomic E-state index is 0.253. The molecule has 0 fully saturated rings. The summed E-state index contributed by atoms with van der Waals surface area (Å²) in [5.41, 5.74) is 5.39. The van der Waals surface area contributed by atoms with Gasteiger partial charge in [-0.15, -0.1) is 5.92 Å². The molecule has 3 aromatic rings. The van der Waals surface area contributed by atoms with Gasteiger partial charge in [-0.25, -0.2) is 4.39 Å². The lowest BCUT2D eigenvalue weighted by Crippen LogP contribution is -1.87. The summed E-state index contributed by atoms with van der Waals surface area (Å²) in [4.78, 5) is 0. The molecular weight excluding hydrogens is 343 g/mol. The van der Waals surface area contributed by atoms with Crippen LogP contribution in [0.5, 0.6) is 0 Å². The number of rotatable bonds is 3. The Labute approximate surface area is 167 Å². The van der Waals surface area contributed by atoms with Crippen molar-refractivity contribution < 1.29 is 4.39 Å². The molecule has 0 aromatic heterocycles. The van der Waals surface area contributed by atoms with Gasteiger partial charge in [-0.05, 0) is 48.7 Å². The van der Waals surface area contributed by atoms with Crippen LogP contribution in [-0.2, 0) is 6.42 Å². The number of benzene rings is 3. The Bertz CT molecular complexity index is 1050. The number of hydrogen-bond acceptors (Lipinski definition) is 0. The number of hydrogen-bond donors (Lipinski definition) is 0. The molecule has 0 atom stereocenters. The summed E-state index contributed by atoms with van der Waals surface area (Å²) < 4.78 is 14.5. The molecule has 0 amide bonds. The maximum Gasteiger partial charge on any atom is 0.132 e. The predicted octanol–water partition coefficient (Wildman–Crippen LogP) is 6.55. The van der Waals surface area contributed by atoms with Crippen molar-refractivity contribution in [2.45, 2.75) is 33.1 Å². The predicted molar refractivity (Wildman–Crippen MR) is 115 cm³/mol. The van der Waals surface area contributed by atoms with E-state index in [0.717, 1.165) is 36.0 Å². The van der Waals surface area contributed by atoms with E-state index in [-0.39, 0.29) is 5.82 Å². The summed E-state index contributed by atoms with van der Waals surface area (Å²) in [6.45, 7) is 4.15. The normalized spacial score (nSPS) is 9.82. The van der Waals surface area contributed by atoms with E-state index in [9.17, 15) is 4.39 Å². The van der Waals surface area contributed by atoms with E-state index >= 15 is 0 Å². The van der Waals surface area contributed by atoms with Crippen LogP contribution >= 0.6 is 0 Å². The van der Waals surface area contributed by atoms with Crippen molar-refractivity contribution >= 4 is 0 Å². The Hall–Kier alpha value is -3.29. The van der Waals surface area contributed by atoms with Gasteiger partial charge in [0.2, 0.25) is 0 Å². The van der Waals surface area contributed by atoms with Crippen LogP contribution in [0.25, 0.3) is 11.1 Å². The third-order valence-corrected chi connectivity index (χ3v) is 4.43. The van der Waals surface area contributed by atoms with Crippen molar-refractivity contribution in [2.75, 3.05) is 0 Å². The van der Waals surface area contributed by atoms with E-state index in [0.29, 0.717) is 11.1 Å². The zero-order valence-electron chi connectivity index (χ0n) is 16.4. The Kier molecular flexibility index (Phi) is 6.67. The molecular formula is C27H23F. The smallest absolute Gasteiger partial charge is 0.132 e. The zero-order chi connectivity index (χ0) is 19.8. The molecule has 28 heavy (non-hydrogen) atoms. The van der Waals surface area contributed by atoms with Gasteiger partial charge in [0.1, 0.15) is 5.82 Å². The summed E-state index contributed by atoms with van der Waals surface area (Å²) in [5.74, 6) is 12.2. The highest BCUT2D eigenvalue weighted by Crippen LogP contribution is 2.23. The summed E-state index contributed by atoms with van der Waals surface area (Å²) in [6.07, 6.45) is 2.80. The first kappa shape index (κ1) is 19.5. The lowest BCUT2D eigenvalue weighted by molar-refractivity contribution is 0.631. The maximum absolute atomic E-state index is 14.5. The molecule has 0 heterocycles. The first-order chi connectivity index (χ1) is 13.7. The monoisotopic (exact) mass is 366 g/mol. The highest BCUT2D eigenvalue weighted by molar-refractivity contribution is 5.65. The van der Waals surface area contributed by atoms with E-state index in [2.05, 4.69) is 30.6 Å². The van der Waals surface area contributed by atoms with E-state index in [1.54, 1.807) is 6.07 Å². The van der Waals surface area contributed by atoms with Crippen molar-refractivity contribution in [1.29, 1.82) is 0 Å². The lowest BCUT2D eigenvalue weighted by atomic mass is 10.0. The standard InChI is InChI=1S/C27H23F/c1-3-4-5-6-7-22-10-12-23(13-11-22)14-15-24-16-19-26(27(28)20-24)25-17-8-21(2)9-18-25/h8-13,16-20H,3-4,7H2,1-2H3. The van der Waals surface area contributed by atoms with Gasteiger partial charge in [-0.2, -0.15) is 0 Å². The third-order valence-electron chi connectivity index (χ3n) is 4.43. The molecule has 3 rings (SSSR count). The maximum atomic E-state index is 14.5. The van der Waals surface area contributed by atoms with Gasteiger partial charge in [0, 0.05) is 29.5 Å². The van der Waals surface area contributed by atoms with E-state index in [1.165, 1.54) is 11.6 Å². The highest BCUT2D eigenvalue weighted by Gasteiger charge is 2.05. The second-order valence-electron chi connectivity index (χ2n) is 6.79. The van der Waals surface area contributed by atoms with E-state index < -0.39 is 0 Å². The molecule has 0 N–H and O–H groups in total. The Balaban J connectivity index is 1.71. The minimum atomic E-state index is -0.253. The van der Waals surface area contributed by atoms with Crippen LogP contribution in [0, 0.1) is 36.4 Å². The molecule has 0 nitrogen and oxygen atoms in total. The van der Waals surface area contributed by atoms with Crippen molar-refractivity contribution in [3.8, 4) is 34.8 Å². The second kappa shape index (κ2) is 9.59. The molecule has 0 spiro atoms. The summed E-state index contributed by atoms with van der Waals surface area (Å²) in [6, 6.07) is 21.1. The van der Waals surface area contributed by atoms with Crippen LogP contribution in [-0.4, -0.2) is 0 Å². The van der Waals surface area contributed by atoms with Crippen molar-refractivity contribution in [2.24, 2.45) is 0 Å². The molecule has 0 radical (unpaired) electrons. The Morgan fingerprint density at radius 1 is 0.786 bits per heavy atom. The van der Waals surface area contributed by atoms with E-state index in [4.69, 9.17) is 0 Å². The first-order valence-electron chi connectivity index (χ1n) is 9.59. The molecule has 0 saturated heterocycles. The van der Waals surface area contributed by atoms with Crippen molar-refractivity contribution in [1.82, 2.24) is 0 Å². The molecule has 0 saturated carbocycles. The summed E-state index contributed by atoms with van der Waals surface area (Å²) in [5, 5.41) is 0. The van der Waals surface area contributed by atoms with Gasteiger partial charge < -0.3 is 0 Å². The van der Waals surface area contributed by atoms with Gasteiger partial charge in [0.25, 0.3) is 0 Å². The first-order valence-corrected chi connectivity index (χ1v) is 9.59. The minimum Gasteiger partial charge on any atom is -0.206 e. The molecule has 1 heteroatoms. The van der Waals surface area contributed by atoms with Gasteiger partial charge in [-0.3, -0.25) is 0 Å². The number of aryl methyl sites for hydroxylation is 1. The molecule has 0 aliphatic rings. The number of unbranched alkanes of at least 4 members (excludes halogenated alkanes) is 1. The fourth-order valence-electron chi connectivity index (χ4n) is 2.79. The van der Waals surface area contributed by atoms with Crippen molar-refractivity contribution in [3.05, 3.63) is 94.8 Å². The van der Waals surface area contributed by atoms with E-state index in [1.807, 2.05) is 61.5 Å². The van der Waals surface area contributed by atoms with Gasteiger partial charge in [-0.1, -0.05) is 72.7 Å². The Morgan fingerprint density at radius 2 is 1.46 bits per heavy atom. The van der Waals surface area contributed by atoms with Gasteiger partial charge in [0.15, 0.2) is 0 Å². The highest BCUT2D eigenvalue weighted by atomic mass is 19.1. The average molecular weight is 366 g/mol. The molecule has 0 bridgehead atoms. The third kappa shape index (κ3) is 5.35. The fourth-order valence-corrected chi connectivity index (χ4v) is 2.79. The van der Waals surface area contributed by atoms with Crippen LogP contribution in [0.3, 0.4) is 0 Å². The molecule has 0 aliphatic heterocycles. The van der Waals surface area contributed by atoms with Crippen LogP contribution in [0.2, 0.25) is 0 Å². The molecule has 0 unspecified atom stereocenters. The quantitative estimate of drug-likeness (QED) is 0.461. The largest absolute Gasteiger partial charge is 0.206 e. The summed E-state index contributed by atoms with van der Waals surface area (Å²) >= 11 is 0. The molecule has 0 aliphatic carbocycles. The molecule has 3 aromatic carbocycles. The van der Waals surface area contributed by atoms with Crippen LogP contribution < -0.4 is 0 Å². The number of halogens is 1. The second-order valence-corrected chi connectivity index (χ2v) is 6.79. The van der Waals surface area contributed by atoms with Gasteiger partial charge in [0.05, 0.1) is 0 Å². The zero-order valence-corrected chi connectivity index (χ0v) is 16.4. The topological polar surface area (TPSA) is 0 Å². The van der Waals surface area contributed by atoms with Crippen LogP contribution in [0.15, 0.2) is 66.7 Å². The molecule has 138 valence electrons. The fraction of sp³-hybridized carbons (Fsp3) is 0.185. The van der Waals surface area contributed by atoms with Crippen LogP contribution in [0.1, 0.15) is 42.0 Å². The SMILES string of the molecule is CCCC#CCc1ccc(C#Cc2ccc(-c3ccc(C)cc3)c(F)c2)cc1. The van der Waals surface area contributed by atoms with Crippen molar-refractivity contribution in [3.63, 3.8) is 0 Å². The summed E-state index contributed by atoms with van der Waals surface area (Å²) in [7, 11) is 0. The van der Waals surface area contributed by atoms with Crippen LogP contribution in [0.4, 0.5) is 4.39 Å². The lowest BCUT2D eigenvalue weighted by Gasteiger charge is -2.04. The average Bonchev–Trinajstić information content (AvgIpc) is 2.71. The Morgan fingerprint density at radius 3 is 2.14 bits per heavy atom.